The van der Waals surface area contributed by atoms with Crippen LogP contribution in [0.2, 0.25) is 5.02 Å². The fourth-order valence-corrected chi connectivity index (χ4v) is 7.59. The Morgan fingerprint density at radius 3 is 2.50 bits per heavy atom. The Hall–Kier alpha value is -3.45. The number of aliphatic hydroxyl groups excluding tert-OH is 1. The summed E-state index contributed by atoms with van der Waals surface area (Å²) in [5, 5.41) is 21.4. The Bertz CT molecular complexity index is 1690. The van der Waals surface area contributed by atoms with E-state index in [1.807, 2.05) is 38.1 Å². The number of halogens is 1. The van der Waals surface area contributed by atoms with E-state index in [9.17, 15) is 14.7 Å². The zero-order valence-electron chi connectivity index (χ0n) is 23.2. The Balaban J connectivity index is 1.56. The van der Waals surface area contributed by atoms with Crippen LogP contribution < -0.4 is 14.4 Å². The van der Waals surface area contributed by atoms with E-state index in [1.54, 1.807) is 32.0 Å². The van der Waals surface area contributed by atoms with Crippen molar-refractivity contribution in [1.82, 2.24) is 15.2 Å². The minimum absolute atomic E-state index is 0.0566. The van der Waals surface area contributed by atoms with Crippen LogP contribution in [0.1, 0.15) is 51.4 Å². The maximum absolute atomic E-state index is 13.9. The molecule has 4 aromatic rings. The Labute approximate surface area is 260 Å². The highest BCUT2D eigenvalue weighted by Gasteiger charge is 2.47. The van der Waals surface area contributed by atoms with Crippen molar-refractivity contribution in [2.45, 2.75) is 43.8 Å². The van der Waals surface area contributed by atoms with Gasteiger partial charge in [0.1, 0.15) is 0 Å². The Morgan fingerprint density at radius 1 is 1.07 bits per heavy atom. The maximum Gasteiger partial charge on any atom is 0.296 e. The van der Waals surface area contributed by atoms with Gasteiger partial charge in [0.2, 0.25) is 10.9 Å². The summed E-state index contributed by atoms with van der Waals surface area (Å²) in [6, 6.07) is 11.8. The van der Waals surface area contributed by atoms with Gasteiger partial charge in [-0.15, -0.1) is 21.5 Å². The topological polar surface area (TPSA) is 115 Å². The highest BCUT2D eigenvalue weighted by atomic mass is 35.5. The molecule has 3 heterocycles. The van der Waals surface area contributed by atoms with Crippen molar-refractivity contribution < 1.29 is 24.2 Å². The fourth-order valence-electron chi connectivity index (χ4n) is 4.57. The molecule has 1 aliphatic heterocycles. The average Bonchev–Trinajstić information content (AvgIpc) is 3.64. The van der Waals surface area contributed by atoms with Gasteiger partial charge in [0.15, 0.2) is 21.6 Å². The SMILES string of the molecule is CCOc1ccc(C2C(C(=O)c3sc(C)nc3C)=C(O)C(=O)N2c2nnc(SCc3ccccc3Cl)s2)cc1OCC. The average molecular weight is 643 g/mol. The van der Waals surface area contributed by atoms with Crippen LogP contribution >= 0.6 is 46.0 Å². The van der Waals surface area contributed by atoms with E-state index in [2.05, 4.69) is 15.2 Å². The summed E-state index contributed by atoms with van der Waals surface area (Å²) in [6.07, 6.45) is 0. The highest BCUT2D eigenvalue weighted by Crippen LogP contribution is 2.46. The molecule has 218 valence electrons. The lowest BCUT2D eigenvalue weighted by Crippen LogP contribution is -2.31. The van der Waals surface area contributed by atoms with Gasteiger partial charge in [-0.05, 0) is 57.0 Å². The zero-order valence-corrected chi connectivity index (χ0v) is 26.4. The largest absolute Gasteiger partial charge is 0.503 e. The third-order valence-corrected chi connectivity index (χ3v) is 9.90. The molecule has 0 spiro atoms. The van der Waals surface area contributed by atoms with Gasteiger partial charge in [0.05, 0.1) is 40.4 Å². The number of ketones is 1. The monoisotopic (exact) mass is 642 g/mol. The number of amides is 1. The van der Waals surface area contributed by atoms with Gasteiger partial charge in [-0.3, -0.25) is 14.5 Å². The van der Waals surface area contributed by atoms with Crippen LogP contribution in [0.25, 0.3) is 0 Å². The number of rotatable bonds is 11. The maximum atomic E-state index is 13.9. The molecule has 0 bridgehead atoms. The number of carbonyl (C=O) groups excluding carboxylic acids is 2. The van der Waals surface area contributed by atoms with Crippen molar-refractivity contribution in [3.05, 3.63) is 85.5 Å². The number of carbonyl (C=O) groups is 2. The predicted octanol–water partition coefficient (Wildman–Crippen LogP) is 7.14. The molecule has 42 heavy (non-hydrogen) atoms. The summed E-state index contributed by atoms with van der Waals surface area (Å²) < 4.78 is 12.2. The van der Waals surface area contributed by atoms with Gasteiger partial charge in [-0.1, -0.05) is 59.0 Å². The smallest absolute Gasteiger partial charge is 0.296 e. The number of thioether (sulfide) groups is 1. The van der Waals surface area contributed by atoms with Crippen LogP contribution in [0.3, 0.4) is 0 Å². The van der Waals surface area contributed by atoms with Crippen molar-refractivity contribution in [1.29, 1.82) is 0 Å². The molecule has 2 aromatic carbocycles. The number of hydrogen-bond acceptors (Lipinski definition) is 11. The Kier molecular flexibility index (Phi) is 9.16. The molecule has 0 saturated heterocycles. The zero-order chi connectivity index (χ0) is 30.0. The highest BCUT2D eigenvalue weighted by molar-refractivity contribution is 8.00. The van der Waals surface area contributed by atoms with Gasteiger partial charge in [0.25, 0.3) is 5.91 Å². The first-order valence-corrected chi connectivity index (χ1v) is 16.1. The lowest BCUT2D eigenvalue weighted by molar-refractivity contribution is -0.117. The molecular formula is C29H27ClN4O5S3. The number of benzene rings is 2. The standard InChI is InChI=1S/C29H27ClN4O5S3/c1-5-38-20-12-11-17(13-21(20)39-6-2)23-22(24(35)26-15(3)31-16(4)41-26)25(36)27(37)34(23)28-32-33-29(42-28)40-14-18-9-7-8-10-19(18)30/h7-13,23,36H,5-6,14H2,1-4H3. The van der Waals surface area contributed by atoms with Gasteiger partial charge in [-0.2, -0.15) is 0 Å². The molecule has 2 aromatic heterocycles. The minimum Gasteiger partial charge on any atom is -0.503 e. The lowest BCUT2D eigenvalue weighted by atomic mass is 9.95. The molecule has 1 aliphatic rings. The number of aliphatic hydroxyl groups is 1. The summed E-state index contributed by atoms with van der Waals surface area (Å²) in [5.74, 6) is -0.306. The summed E-state index contributed by atoms with van der Waals surface area (Å²) >= 11 is 10.1. The number of Topliss-reactive ketones (excluding diaryl/α,β-unsaturated/α-hetero) is 1. The van der Waals surface area contributed by atoms with E-state index >= 15 is 0 Å². The molecule has 1 unspecified atom stereocenters. The molecule has 0 aliphatic carbocycles. The quantitative estimate of drug-likeness (QED) is 0.104. The molecule has 0 radical (unpaired) electrons. The van der Waals surface area contributed by atoms with Crippen LogP contribution in [-0.2, 0) is 10.5 Å². The minimum atomic E-state index is -0.990. The van der Waals surface area contributed by atoms with Crippen molar-refractivity contribution in [3.63, 3.8) is 0 Å². The number of ether oxygens (including phenoxy) is 2. The van der Waals surface area contributed by atoms with Crippen molar-refractivity contribution in [2.75, 3.05) is 18.1 Å². The second-order valence-electron chi connectivity index (χ2n) is 9.12. The van der Waals surface area contributed by atoms with E-state index in [1.165, 1.54) is 39.3 Å². The summed E-state index contributed by atoms with van der Waals surface area (Å²) in [5.41, 5.74) is 1.96. The Morgan fingerprint density at radius 2 is 1.81 bits per heavy atom. The van der Waals surface area contributed by atoms with Crippen LogP contribution in [-0.4, -0.2) is 45.2 Å². The van der Waals surface area contributed by atoms with E-state index in [0.29, 0.717) is 61.0 Å². The second-order valence-corrected chi connectivity index (χ2v) is 12.9. The van der Waals surface area contributed by atoms with Gasteiger partial charge < -0.3 is 14.6 Å². The molecular weight excluding hydrogens is 616 g/mol. The van der Waals surface area contributed by atoms with Gasteiger partial charge >= 0.3 is 0 Å². The number of hydrogen-bond donors (Lipinski definition) is 1. The van der Waals surface area contributed by atoms with E-state index in [4.69, 9.17) is 21.1 Å². The lowest BCUT2D eigenvalue weighted by Gasteiger charge is -2.25. The normalized spacial score (nSPS) is 15.0. The van der Waals surface area contributed by atoms with Crippen molar-refractivity contribution in [3.8, 4) is 11.5 Å². The van der Waals surface area contributed by atoms with E-state index in [-0.39, 0.29) is 10.7 Å². The van der Waals surface area contributed by atoms with Crippen LogP contribution in [0, 0.1) is 13.8 Å². The first-order chi connectivity index (χ1) is 20.2. The fraction of sp³-hybridized carbons (Fsp3) is 0.276. The van der Waals surface area contributed by atoms with Gasteiger partial charge in [-0.25, -0.2) is 4.98 Å². The van der Waals surface area contributed by atoms with Crippen LogP contribution in [0.15, 0.2) is 58.1 Å². The summed E-state index contributed by atoms with van der Waals surface area (Å²) in [6.45, 7) is 8.07. The van der Waals surface area contributed by atoms with E-state index in [0.717, 1.165) is 5.56 Å². The molecule has 0 saturated carbocycles. The second kappa shape index (κ2) is 12.8. The molecule has 9 nitrogen and oxygen atoms in total. The first kappa shape index (κ1) is 30.0. The molecule has 1 amide bonds. The van der Waals surface area contributed by atoms with Crippen molar-refractivity contribution in [2.24, 2.45) is 0 Å². The van der Waals surface area contributed by atoms with Crippen LogP contribution in [0.4, 0.5) is 5.13 Å². The molecule has 1 N–H and O–H groups in total. The number of anilines is 1. The summed E-state index contributed by atoms with van der Waals surface area (Å²) in [7, 11) is 0. The number of aromatic nitrogens is 3. The van der Waals surface area contributed by atoms with E-state index < -0.39 is 23.5 Å². The van der Waals surface area contributed by atoms with Gasteiger partial charge in [0, 0.05) is 10.8 Å². The number of aryl methyl sites for hydroxylation is 2. The van der Waals surface area contributed by atoms with Crippen molar-refractivity contribution >= 4 is 62.9 Å². The predicted molar refractivity (Wildman–Crippen MR) is 166 cm³/mol. The third kappa shape index (κ3) is 5.89. The number of nitrogens with zero attached hydrogens (tertiary/aromatic N) is 4. The molecule has 5 rings (SSSR count). The first-order valence-electron chi connectivity index (χ1n) is 13.1. The molecule has 1 atom stereocenters. The third-order valence-electron chi connectivity index (χ3n) is 6.36. The molecule has 13 heteroatoms. The molecule has 0 fully saturated rings. The summed E-state index contributed by atoms with van der Waals surface area (Å²) in [4.78, 5) is 33.6. The number of thiazole rings is 1. The van der Waals surface area contributed by atoms with Crippen LogP contribution in [0.5, 0.6) is 11.5 Å².